The molecule has 7 heteroatoms. The monoisotopic (exact) mass is 305 g/mol. The van der Waals surface area contributed by atoms with E-state index in [4.69, 9.17) is 5.73 Å². The third-order valence-corrected chi connectivity index (χ3v) is 4.70. The van der Waals surface area contributed by atoms with E-state index in [-0.39, 0.29) is 6.04 Å². The fourth-order valence-corrected chi connectivity index (χ4v) is 3.52. The average Bonchev–Trinajstić information content (AvgIpc) is 3.03. The van der Waals surface area contributed by atoms with Crippen LogP contribution < -0.4 is 5.73 Å². The van der Waals surface area contributed by atoms with E-state index in [9.17, 15) is 0 Å². The van der Waals surface area contributed by atoms with Crippen LogP contribution in [0.5, 0.6) is 0 Å². The molecule has 0 fully saturated rings. The van der Waals surface area contributed by atoms with Crippen LogP contribution in [0.15, 0.2) is 40.2 Å². The first-order valence-electron chi connectivity index (χ1n) is 6.42. The van der Waals surface area contributed by atoms with Gasteiger partial charge in [0.25, 0.3) is 0 Å². The summed E-state index contributed by atoms with van der Waals surface area (Å²) in [4.78, 5) is 14.1. The molecule has 3 aromatic rings. The van der Waals surface area contributed by atoms with E-state index in [1.165, 1.54) is 11.8 Å². The molecule has 5 nitrogen and oxygen atoms in total. The van der Waals surface area contributed by atoms with E-state index in [1.54, 1.807) is 23.7 Å². The Bertz CT molecular complexity index is 691. The van der Waals surface area contributed by atoms with E-state index in [1.807, 2.05) is 17.6 Å². The van der Waals surface area contributed by atoms with Gasteiger partial charge in [-0.15, -0.1) is 11.3 Å². The van der Waals surface area contributed by atoms with Crippen LogP contribution in [0.25, 0.3) is 4.96 Å². The minimum absolute atomic E-state index is 0.144. The number of rotatable bonds is 5. The summed E-state index contributed by atoms with van der Waals surface area (Å²) < 4.78 is 2.12. The molecule has 0 spiro atoms. The fourth-order valence-electron chi connectivity index (χ4n) is 1.90. The highest BCUT2D eigenvalue weighted by Gasteiger charge is 2.17. The largest absolute Gasteiger partial charge is 0.327 e. The van der Waals surface area contributed by atoms with Crippen molar-refractivity contribution in [1.82, 2.24) is 19.4 Å². The second-order valence-corrected chi connectivity index (χ2v) is 6.25. The summed E-state index contributed by atoms with van der Waals surface area (Å²) in [5.41, 5.74) is 7.25. The van der Waals surface area contributed by atoms with Crippen LogP contribution >= 0.6 is 23.1 Å². The van der Waals surface area contributed by atoms with Gasteiger partial charge < -0.3 is 5.73 Å². The molecule has 0 amide bonds. The predicted octanol–water partition coefficient (Wildman–Crippen LogP) is 2.62. The number of fused-ring (bicyclic) bond motifs is 1. The van der Waals surface area contributed by atoms with Crippen LogP contribution in [0.2, 0.25) is 0 Å². The standard InChI is InChI=1S/C13H15N5S2/c1-2-9(14)8-10-11(17-13-18(10)6-7-19-13)20-12-15-4-3-5-16-12/h3-7,9H,2,8,14H2,1H3. The summed E-state index contributed by atoms with van der Waals surface area (Å²) >= 11 is 3.12. The Hall–Kier alpha value is -1.44. The number of nitrogens with two attached hydrogens (primary N) is 1. The third kappa shape index (κ3) is 2.70. The fraction of sp³-hybridized carbons (Fsp3) is 0.308. The molecule has 0 aliphatic rings. The molecule has 20 heavy (non-hydrogen) atoms. The van der Waals surface area contributed by atoms with Crippen molar-refractivity contribution in [2.75, 3.05) is 0 Å². The Balaban J connectivity index is 1.96. The Labute approximate surface area is 125 Å². The van der Waals surface area contributed by atoms with Crippen LogP contribution in [-0.2, 0) is 6.42 Å². The number of hydrogen-bond acceptors (Lipinski definition) is 6. The van der Waals surface area contributed by atoms with Gasteiger partial charge >= 0.3 is 0 Å². The molecule has 2 N–H and O–H groups in total. The molecule has 0 aromatic carbocycles. The molecule has 0 radical (unpaired) electrons. The van der Waals surface area contributed by atoms with Gasteiger partial charge in [-0.3, -0.25) is 4.40 Å². The second-order valence-electron chi connectivity index (χ2n) is 4.43. The SMILES string of the molecule is CCC(N)Cc1c(Sc2ncccn2)nc2sccn12. The van der Waals surface area contributed by atoms with Gasteiger partial charge in [0.2, 0.25) is 0 Å². The maximum atomic E-state index is 6.11. The molecule has 0 aliphatic heterocycles. The Morgan fingerprint density at radius 1 is 1.40 bits per heavy atom. The molecule has 0 saturated heterocycles. The zero-order valence-electron chi connectivity index (χ0n) is 11.1. The Morgan fingerprint density at radius 3 is 2.95 bits per heavy atom. The van der Waals surface area contributed by atoms with Gasteiger partial charge in [0.05, 0.1) is 5.69 Å². The van der Waals surface area contributed by atoms with Crippen LogP contribution in [0.1, 0.15) is 19.0 Å². The van der Waals surface area contributed by atoms with Gasteiger partial charge in [0.15, 0.2) is 10.1 Å². The molecule has 3 aromatic heterocycles. The van der Waals surface area contributed by atoms with Crippen molar-refractivity contribution in [2.24, 2.45) is 5.73 Å². The van der Waals surface area contributed by atoms with Crippen molar-refractivity contribution in [3.05, 3.63) is 35.7 Å². The minimum Gasteiger partial charge on any atom is -0.327 e. The first-order valence-corrected chi connectivity index (χ1v) is 8.12. The number of hydrogen-bond donors (Lipinski definition) is 1. The van der Waals surface area contributed by atoms with Gasteiger partial charge in [-0.2, -0.15) is 0 Å². The van der Waals surface area contributed by atoms with Crippen LogP contribution in [0.4, 0.5) is 0 Å². The minimum atomic E-state index is 0.144. The lowest BCUT2D eigenvalue weighted by Gasteiger charge is -2.09. The topological polar surface area (TPSA) is 69.1 Å². The average molecular weight is 305 g/mol. The molecule has 104 valence electrons. The van der Waals surface area contributed by atoms with E-state index >= 15 is 0 Å². The van der Waals surface area contributed by atoms with Crippen LogP contribution in [0.3, 0.4) is 0 Å². The van der Waals surface area contributed by atoms with Gasteiger partial charge in [0.1, 0.15) is 5.03 Å². The summed E-state index contributed by atoms with van der Waals surface area (Å²) in [7, 11) is 0. The van der Waals surface area contributed by atoms with Crippen molar-refractivity contribution in [1.29, 1.82) is 0 Å². The van der Waals surface area contributed by atoms with Crippen molar-refractivity contribution in [3.63, 3.8) is 0 Å². The van der Waals surface area contributed by atoms with E-state index in [0.717, 1.165) is 28.5 Å². The highest BCUT2D eigenvalue weighted by atomic mass is 32.2. The lowest BCUT2D eigenvalue weighted by Crippen LogP contribution is -2.22. The summed E-state index contributed by atoms with van der Waals surface area (Å²) in [6.45, 7) is 2.10. The lowest BCUT2D eigenvalue weighted by atomic mass is 10.1. The predicted molar refractivity (Wildman–Crippen MR) is 81.2 cm³/mol. The molecular formula is C13H15N5S2. The van der Waals surface area contributed by atoms with Gasteiger partial charge in [0, 0.05) is 36.4 Å². The summed E-state index contributed by atoms with van der Waals surface area (Å²) in [5, 5.41) is 3.70. The number of nitrogens with zero attached hydrogens (tertiary/aromatic N) is 4. The highest BCUT2D eigenvalue weighted by molar-refractivity contribution is 7.99. The second kappa shape index (κ2) is 5.90. The molecule has 0 aliphatic carbocycles. The first kappa shape index (κ1) is 13.5. The summed E-state index contributed by atoms with van der Waals surface area (Å²) in [5.74, 6) is 0. The Kier molecular flexibility index (Phi) is 4.00. The number of thiazole rings is 1. The van der Waals surface area contributed by atoms with E-state index in [0.29, 0.717) is 5.16 Å². The highest BCUT2D eigenvalue weighted by Crippen LogP contribution is 2.30. The molecule has 0 bridgehead atoms. The number of aromatic nitrogens is 4. The maximum absolute atomic E-state index is 6.11. The molecular weight excluding hydrogens is 290 g/mol. The normalized spacial score (nSPS) is 12.9. The number of imidazole rings is 1. The quantitative estimate of drug-likeness (QED) is 0.734. The summed E-state index contributed by atoms with van der Waals surface area (Å²) in [6, 6.07) is 1.95. The first-order chi connectivity index (χ1) is 9.78. The lowest BCUT2D eigenvalue weighted by molar-refractivity contribution is 0.627. The summed E-state index contributed by atoms with van der Waals surface area (Å²) in [6.07, 6.45) is 7.28. The molecule has 1 atom stereocenters. The molecule has 0 saturated carbocycles. The van der Waals surface area contributed by atoms with Crippen LogP contribution in [0, 0.1) is 0 Å². The van der Waals surface area contributed by atoms with Crippen molar-refractivity contribution in [3.8, 4) is 0 Å². The van der Waals surface area contributed by atoms with Gasteiger partial charge in [-0.25, -0.2) is 15.0 Å². The molecule has 3 rings (SSSR count). The van der Waals surface area contributed by atoms with Gasteiger partial charge in [-0.1, -0.05) is 6.92 Å². The molecule has 3 heterocycles. The van der Waals surface area contributed by atoms with Crippen LogP contribution in [-0.4, -0.2) is 25.4 Å². The smallest absolute Gasteiger partial charge is 0.194 e. The third-order valence-electron chi connectivity index (χ3n) is 3.03. The van der Waals surface area contributed by atoms with Crippen molar-refractivity contribution < 1.29 is 0 Å². The van der Waals surface area contributed by atoms with Crippen molar-refractivity contribution >= 4 is 28.1 Å². The molecule has 1 unspecified atom stereocenters. The Morgan fingerprint density at radius 2 is 2.20 bits per heavy atom. The van der Waals surface area contributed by atoms with Gasteiger partial charge in [-0.05, 0) is 24.2 Å². The van der Waals surface area contributed by atoms with E-state index in [2.05, 4.69) is 26.3 Å². The zero-order valence-corrected chi connectivity index (χ0v) is 12.7. The van der Waals surface area contributed by atoms with Crippen molar-refractivity contribution in [2.45, 2.75) is 36.0 Å². The van der Waals surface area contributed by atoms with E-state index < -0.39 is 0 Å². The zero-order chi connectivity index (χ0) is 13.9. The maximum Gasteiger partial charge on any atom is 0.194 e.